The third-order valence-electron chi connectivity index (χ3n) is 2.75. The fraction of sp³-hybridized carbons (Fsp3) is 0.571. The first kappa shape index (κ1) is 13.2. The van der Waals surface area contributed by atoms with E-state index in [1.54, 1.807) is 0 Å². The van der Waals surface area contributed by atoms with E-state index >= 15 is 0 Å². The van der Waals surface area contributed by atoms with Gasteiger partial charge in [-0.3, -0.25) is 0 Å². The van der Waals surface area contributed by atoms with Gasteiger partial charge in [-0.1, -0.05) is 29.3 Å². The van der Waals surface area contributed by atoms with Crippen molar-refractivity contribution < 1.29 is 0 Å². The normalized spacial score (nSPS) is 13.1. The van der Waals surface area contributed by atoms with Crippen molar-refractivity contribution in [2.75, 3.05) is 27.2 Å². The first-order chi connectivity index (χ1) is 7.49. The molecule has 1 aromatic rings. The Balaban J connectivity index is 2.55. The van der Waals surface area contributed by atoms with Crippen LogP contribution in [0.3, 0.4) is 0 Å². The molecular formula is C14H24N2. The quantitative estimate of drug-likeness (QED) is 0.820. The van der Waals surface area contributed by atoms with Crippen molar-refractivity contribution in [1.29, 1.82) is 0 Å². The lowest BCUT2D eigenvalue weighted by Gasteiger charge is -2.17. The maximum atomic E-state index is 3.54. The van der Waals surface area contributed by atoms with Crippen LogP contribution in [-0.2, 0) is 0 Å². The summed E-state index contributed by atoms with van der Waals surface area (Å²) in [4.78, 5) is 2.20. The zero-order valence-electron chi connectivity index (χ0n) is 11.2. The molecule has 2 heteroatoms. The summed E-state index contributed by atoms with van der Waals surface area (Å²) < 4.78 is 0. The molecule has 0 saturated carbocycles. The number of rotatable bonds is 5. The van der Waals surface area contributed by atoms with Crippen LogP contribution < -0.4 is 5.32 Å². The number of benzene rings is 1. The standard InChI is InChI=1S/C14H24N2/c1-11-8-12(2)10-14(9-11)13(3)15-6-7-16(4)5/h8-10,13,15H,6-7H2,1-5H3. The number of nitrogens with zero attached hydrogens (tertiary/aromatic N) is 1. The van der Waals surface area contributed by atoms with Crippen molar-refractivity contribution in [3.05, 3.63) is 34.9 Å². The predicted octanol–water partition coefficient (Wildman–Crippen LogP) is 2.52. The second-order valence-electron chi connectivity index (χ2n) is 4.90. The maximum Gasteiger partial charge on any atom is 0.0292 e. The Morgan fingerprint density at radius 2 is 1.69 bits per heavy atom. The highest BCUT2D eigenvalue weighted by Gasteiger charge is 2.05. The van der Waals surface area contributed by atoms with Gasteiger partial charge in [-0.2, -0.15) is 0 Å². The van der Waals surface area contributed by atoms with Crippen molar-refractivity contribution in [2.45, 2.75) is 26.8 Å². The summed E-state index contributed by atoms with van der Waals surface area (Å²) in [7, 11) is 4.20. The number of hydrogen-bond acceptors (Lipinski definition) is 2. The largest absolute Gasteiger partial charge is 0.309 e. The second kappa shape index (κ2) is 6.02. The summed E-state index contributed by atoms with van der Waals surface area (Å²) in [6.45, 7) is 8.65. The molecule has 2 nitrogen and oxygen atoms in total. The molecular weight excluding hydrogens is 196 g/mol. The average Bonchev–Trinajstić information content (AvgIpc) is 2.15. The molecule has 1 N–H and O–H groups in total. The van der Waals surface area contributed by atoms with Crippen LogP contribution in [0.25, 0.3) is 0 Å². The molecule has 1 unspecified atom stereocenters. The van der Waals surface area contributed by atoms with Crippen molar-refractivity contribution in [2.24, 2.45) is 0 Å². The molecule has 1 rings (SSSR count). The van der Waals surface area contributed by atoms with Gasteiger partial charge in [0.2, 0.25) is 0 Å². The molecule has 1 atom stereocenters. The van der Waals surface area contributed by atoms with Gasteiger partial charge >= 0.3 is 0 Å². The molecule has 1 aromatic carbocycles. The Bertz CT molecular complexity index is 311. The highest BCUT2D eigenvalue weighted by Crippen LogP contribution is 2.16. The van der Waals surface area contributed by atoms with Crippen LogP contribution in [0.4, 0.5) is 0 Å². The van der Waals surface area contributed by atoms with Gasteiger partial charge in [-0.25, -0.2) is 0 Å². The SMILES string of the molecule is Cc1cc(C)cc(C(C)NCCN(C)C)c1. The van der Waals surface area contributed by atoms with Crippen molar-refractivity contribution in [3.8, 4) is 0 Å². The Morgan fingerprint density at radius 3 is 2.19 bits per heavy atom. The van der Waals surface area contributed by atoms with E-state index in [1.807, 2.05) is 0 Å². The minimum absolute atomic E-state index is 0.429. The van der Waals surface area contributed by atoms with Crippen molar-refractivity contribution >= 4 is 0 Å². The minimum Gasteiger partial charge on any atom is -0.309 e. The van der Waals surface area contributed by atoms with E-state index in [1.165, 1.54) is 16.7 Å². The molecule has 0 aliphatic rings. The highest BCUT2D eigenvalue weighted by atomic mass is 15.1. The van der Waals surface area contributed by atoms with Crippen LogP contribution in [0.2, 0.25) is 0 Å². The lowest BCUT2D eigenvalue weighted by atomic mass is 10.0. The van der Waals surface area contributed by atoms with Crippen LogP contribution in [0.15, 0.2) is 18.2 Å². The summed E-state index contributed by atoms with van der Waals surface area (Å²) in [5.41, 5.74) is 4.07. The van der Waals surface area contributed by atoms with Crippen LogP contribution in [0.1, 0.15) is 29.7 Å². The summed E-state index contributed by atoms with van der Waals surface area (Å²) in [5.74, 6) is 0. The fourth-order valence-corrected chi connectivity index (χ4v) is 1.88. The van der Waals surface area contributed by atoms with Crippen LogP contribution in [0.5, 0.6) is 0 Å². The smallest absolute Gasteiger partial charge is 0.0292 e. The maximum absolute atomic E-state index is 3.54. The molecule has 0 heterocycles. The third kappa shape index (κ3) is 4.33. The molecule has 16 heavy (non-hydrogen) atoms. The molecule has 0 radical (unpaired) electrons. The summed E-state index contributed by atoms with van der Waals surface area (Å²) in [6.07, 6.45) is 0. The molecule has 0 fully saturated rings. The zero-order chi connectivity index (χ0) is 12.1. The topological polar surface area (TPSA) is 15.3 Å². The first-order valence-corrected chi connectivity index (χ1v) is 5.95. The number of aryl methyl sites for hydroxylation is 2. The minimum atomic E-state index is 0.429. The van der Waals surface area contributed by atoms with Gasteiger partial charge < -0.3 is 10.2 Å². The number of likely N-dealkylation sites (N-methyl/N-ethyl adjacent to an activating group) is 1. The lowest BCUT2D eigenvalue weighted by molar-refractivity contribution is 0.389. The Kier molecular flexibility index (Phi) is 4.97. The third-order valence-corrected chi connectivity index (χ3v) is 2.75. The van der Waals surface area contributed by atoms with E-state index in [0.29, 0.717) is 6.04 Å². The molecule has 0 saturated heterocycles. The van der Waals surface area contributed by atoms with Gasteiger partial charge in [0.1, 0.15) is 0 Å². The highest BCUT2D eigenvalue weighted by molar-refractivity contribution is 5.30. The van der Waals surface area contributed by atoms with E-state index < -0.39 is 0 Å². The Hall–Kier alpha value is -0.860. The van der Waals surface area contributed by atoms with E-state index in [-0.39, 0.29) is 0 Å². The monoisotopic (exact) mass is 220 g/mol. The van der Waals surface area contributed by atoms with Gasteiger partial charge in [-0.05, 0) is 40.4 Å². The van der Waals surface area contributed by atoms with Gasteiger partial charge in [0.15, 0.2) is 0 Å². The lowest BCUT2D eigenvalue weighted by Crippen LogP contribution is -2.28. The van der Waals surface area contributed by atoms with Gasteiger partial charge in [0, 0.05) is 19.1 Å². The van der Waals surface area contributed by atoms with Crippen LogP contribution in [0, 0.1) is 13.8 Å². The summed E-state index contributed by atoms with van der Waals surface area (Å²) in [5, 5.41) is 3.54. The Morgan fingerprint density at radius 1 is 1.12 bits per heavy atom. The van der Waals surface area contributed by atoms with Crippen molar-refractivity contribution in [3.63, 3.8) is 0 Å². The molecule has 0 aliphatic heterocycles. The predicted molar refractivity (Wildman–Crippen MR) is 70.9 cm³/mol. The van der Waals surface area contributed by atoms with Crippen LogP contribution in [-0.4, -0.2) is 32.1 Å². The summed E-state index contributed by atoms with van der Waals surface area (Å²) >= 11 is 0. The molecule has 90 valence electrons. The van der Waals surface area contributed by atoms with Crippen LogP contribution >= 0.6 is 0 Å². The second-order valence-corrected chi connectivity index (χ2v) is 4.90. The van der Waals surface area contributed by atoms with Gasteiger partial charge in [0.05, 0.1) is 0 Å². The van der Waals surface area contributed by atoms with Gasteiger partial charge in [-0.15, -0.1) is 0 Å². The molecule has 0 bridgehead atoms. The molecule has 0 aromatic heterocycles. The van der Waals surface area contributed by atoms with E-state index in [2.05, 4.69) is 63.3 Å². The molecule has 0 aliphatic carbocycles. The fourth-order valence-electron chi connectivity index (χ4n) is 1.88. The summed E-state index contributed by atoms with van der Waals surface area (Å²) in [6, 6.07) is 7.18. The molecule has 0 spiro atoms. The van der Waals surface area contributed by atoms with E-state index in [4.69, 9.17) is 0 Å². The zero-order valence-corrected chi connectivity index (χ0v) is 11.2. The van der Waals surface area contributed by atoms with Gasteiger partial charge in [0.25, 0.3) is 0 Å². The molecule has 0 amide bonds. The number of hydrogen-bond donors (Lipinski definition) is 1. The first-order valence-electron chi connectivity index (χ1n) is 5.95. The van der Waals surface area contributed by atoms with Crippen molar-refractivity contribution in [1.82, 2.24) is 10.2 Å². The Labute approximate surface area is 99.7 Å². The average molecular weight is 220 g/mol. The van der Waals surface area contributed by atoms with E-state index in [9.17, 15) is 0 Å². The van der Waals surface area contributed by atoms with E-state index in [0.717, 1.165) is 13.1 Å². The number of nitrogens with one attached hydrogen (secondary N) is 1.